The van der Waals surface area contributed by atoms with Crippen LogP contribution in [0.25, 0.3) is 0 Å². The van der Waals surface area contributed by atoms with Crippen molar-refractivity contribution < 1.29 is 9.59 Å². The molecule has 1 aliphatic heterocycles. The van der Waals surface area contributed by atoms with E-state index in [1.54, 1.807) is 0 Å². The highest BCUT2D eigenvalue weighted by molar-refractivity contribution is 7.99. The van der Waals surface area contributed by atoms with Gasteiger partial charge in [-0.15, -0.1) is 11.8 Å². The molecule has 1 aromatic rings. The summed E-state index contributed by atoms with van der Waals surface area (Å²) in [5.41, 5.74) is 5.18. The molecular weight excluding hydrogens is 310 g/mol. The summed E-state index contributed by atoms with van der Waals surface area (Å²) < 4.78 is 0. The summed E-state index contributed by atoms with van der Waals surface area (Å²) in [6.07, 6.45) is 1.01. The predicted molar refractivity (Wildman–Crippen MR) is 93.2 cm³/mol. The largest absolute Gasteiger partial charge is 0.352 e. The number of urea groups is 1. The second-order valence-electron chi connectivity index (χ2n) is 6.29. The number of primary amides is 1. The number of carbonyl (C=O) groups is 2. The molecule has 6 heteroatoms. The van der Waals surface area contributed by atoms with Gasteiger partial charge in [0.2, 0.25) is 5.91 Å². The Morgan fingerprint density at radius 3 is 2.65 bits per heavy atom. The van der Waals surface area contributed by atoms with Crippen molar-refractivity contribution in [2.24, 2.45) is 17.6 Å². The number of thioether (sulfide) groups is 1. The number of nitrogens with zero attached hydrogens (tertiary/aromatic N) is 1. The lowest BCUT2D eigenvalue weighted by Crippen LogP contribution is -2.52. The lowest BCUT2D eigenvalue weighted by molar-refractivity contribution is -0.133. The van der Waals surface area contributed by atoms with E-state index < -0.39 is 12.1 Å². The molecule has 1 aromatic carbocycles. The maximum atomic E-state index is 12.6. The van der Waals surface area contributed by atoms with Gasteiger partial charge in [0.05, 0.1) is 0 Å². The minimum Gasteiger partial charge on any atom is -0.352 e. The van der Waals surface area contributed by atoms with Crippen molar-refractivity contribution in [3.63, 3.8) is 0 Å². The number of hydrogen-bond donors (Lipinski definition) is 2. The van der Waals surface area contributed by atoms with E-state index in [0.29, 0.717) is 5.92 Å². The van der Waals surface area contributed by atoms with E-state index in [1.807, 2.05) is 48.7 Å². The number of hydrogen-bond acceptors (Lipinski definition) is 3. The zero-order valence-electron chi connectivity index (χ0n) is 13.7. The van der Waals surface area contributed by atoms with Gasteiger partial charge in [0.15, 0.2) is 0 Å². The number of likely N-dealkylation sites (tertiary alicyclic amines) is 1. The third-order valence-corrected chi connectivity index (χ3v) is 5.30. The van der Waals surface area contributed by atoms with Gasteiger partial charge < -0.3 is 16.0 Å². The number of carbonyl (C=O) groups excluding carboxylic acids is 2. The van der Waals surface area contributed by atoms with Gasteiger partial charge in [-0.05, 0) is 30.4 Å². The van der Waals surface area contributed by atoms with Crippen molar-refractivity contribution in [3.05, 3.63) is 30.3 Å². The molecule has 2 rings (SSSR count). The molecule has 1 aliphatic rings. The van der Waals surface area contributed by atoms with E-state index in [4.69, 9.17) is 5.73 Å². The first-order valence-electron chi connectivity index (χ1n) is 8.00. The van der Waals surface area contributed by atoms with Crippen molar-refractivity contribution >= 4 is 23.7 Å². The first-order valence-corrected chi connectivity index (χ1v) is 8.98. The molecule has 1 saturated heterocycles. The fourth-order valence-electron chi connectivity index (χ4n) is 2.76. The molecule has 1 unspecified atom stereocenters. The first-order chi connectivity index (χ1) is 11.0. The summed E-state index contributed by atoms with van der Waals surface area (Å²) in [5, 5.41) is 2.57. The Bertz CT molecular complexity index is 536. The maximum Gasteiger partial charge on any atom is 0.312 e. The second-order valence-corrected chi connectivity index (χ2v) is 7.39. The van der Waals surface area contributed by atoms with Gasteiger partial charge in [0.1, 0.15) is 6.04 Å². The molecule has 23 heavy (non-hydrogen) atoms. The fraction of sp³-hybridized carbons (Fsp3) is 0.529. The minimum atomic E-state index is -0.646. The molecule has 5 nitrogen and oxygen atoms in total. The van der Waals surface area contributed by atoms with Gasteiger partial charge in [-0.2, -0.15) is 0 Å². The monoisotopic (exact) mass is 335 g/mol. The molecule has 0 aromatic heterocycles. The van der Waals surface area contributed by atoms with Crippen molar-refractivity contribution in [1.29, 1.82) is 0 Å². The zero-order chi connectivity index (χ0) is 16.8. The summed E-state index contributed by atoms with van der Waals surface area (Å²) >= 11 is 1.83. The van der Waals surface area contributed by atoms with Crippen molar-refractivity contribution in [2.75, 3.05) is 18.8 Å². The Kier molecular flexibility index (Phi) is 6.33. The van der Waals surface area contributed by atoms with Crippen LogP contribution >= 0.6 is 11.8 Å². The van der Waals surface area contributed by atoms with Gasteiger partial charge in [-0.1, -0.05) is 32.0 Å². The van der Waals surface area contributed by atoms with Crippen LogP contribution in [0.5, 0.6) is 0 Å². The normalized spacial score (nSPS) is 18.9. The fourth-order valence-corrected chi connectivity index (χ4v) is 3.81. The van der Waals surface area contributed by atoms with Crippen molar-refractivity contribution in [1.82, 2.24) is 10.2 Å². The molecule has 0 aliphatic carbocycles. The standard InChI is InChI=1S/C17H25N3O2S/c1-12(2)15(19-17(18)22)16(21)20-9-8-13(10-20)11-23-14-6-4-3-5-7-14/h3-7,12-13,15H,8-11H2,1-2H3,(H3,18,19,22)/t13?,15-/m0/s1. The van der Waals surface area contributed by atoms with Crippen LogP contribution in [-0.2, 0) is 4.79 Å². The molecular formula is C17H25N3O2S. The quantitative estimate of drug-likeness (QED) is 0.783. The Balaban J connectivity index is 1.85. The maximum absolute atomic E-state index is 12.6. The molecule has 3 amide bonds. The summed E-state index contributed by atoms with van der Waals surface area (Å²) in [6, 6.07) is 9.12. The molecule has 2 atom stereocenters. The minimum absolute atomic E-state index is 0.0211. The number of benzene rings is 1. The summed E-state index contributed by atoms with van der Waals surface area (Å²) in [6.45, 7) is 5.33. The van der Waals surface area contributed by atoms with Crippen LogP contribution in [0.15, 0.2) is 35.2 Å². The number of amides is 3. The van der Waals surface area contributed by atoms with Gasteiger partial charge in [-0.3, -0.25) is 4.79 Å². The predicted octanol–water partition coefficient (Wildman–Crippen LogP) is 2.32. The lowest BCUT2D eigenvalue weighted by atomic mass is 10.0. The van der Waals surface area contributed by atoms with Gasteiger partial charge in [0, 0.05) is 23.7 Å². The number of nitrogens with two attached hydrogens (primary N) is 1. The van der Waals surface area contributed by atoms with E-state index in [0.717, 1.165) is 25.3 Å². The Labute approximate surface area is 142 Å². The third kappa shape index (κ3) is 5.16. The molecule has 3 N–H and O–H groups in total. The van der Waals surface area contributed by atoms with Crippen LogP contribution in [0.1, 0.15) is 20.3 Å². The van der Waals surface area contributed by atoms with E-state index in [2.05, 4.69) is 17.4 Å². The summed E-state index contributed by atoms with van der Waals surface area (Å²) in [7, 11) is 0. The van der Waals surface area contributed by atoms with Crippen molar-refractivity contribution in [2.45, 2.75) is 31.2 Å². The van der Waals surface area contributed by atoms with Crippen LogP contribution in [-0.4, -0.2) is 41.7 Å². The van der Waals surface area contributed by atoms with Crippen LogP contribution in [0.4, 0.5) is 4.79 Å². The molecule has 126 valence electrons. The van der Waals surface area contributed by atoms with Crippen LogP contribution in [0.2, 0.25) is 0 Å². The lowest BCUT2D eigenvalue weighted by Gasteiger charge is -2.26. The Morgan fingerprint density at radius 2 is 2.04 bits per heavy atom. The molecule has 0 bridgehead atoms. The van der Waals surface area contributed by atoms with Gasteiger partial charge in [0.25, 0.3) is 0 Å². The summed E-state index contributed by atoms with van der Waals surface area (Å²) in [5.74, 6) is 1.49. The average molecular weight is 335 g/mol. The summed E-state index contributed by atoms with van der Waals surface area (Å²) in [4.78, 5) is 26.8. The Hall–Kier alpha value is -1.69. The molecule has 0 saturated carbocycles. The van der Waals surface area contributed by atoms with Crippen LogP contribution in [0, 0.1) is 11.8 Å². The molecule has 0 radical (unpaired) electrons. The first kappa shape index (κ1) is 17.7. The van der Waals surface area contributed by atoms with Gasteiger partial charge in [-0.25, -0.2) is 4.79 Å². The number of nitrogens with one attached hydrogen (secondary N) is 1. The van der Waals surface area contributed by atoms with Crippen LogP contribution < -0.4 is 11.1 Å². The SMILES string of the molecule is CC(C)[C@H](NC(N)=O)C(=O)N1CCC(CSc2ccccc2)C1. The molecule has 0 spiro atoms. The van der Waals surface area contributed by atoms with Crippen molar-refractivity contribution in [3.8, 4) is 0 Å². The van der Waals surface area contributed by atoms with E-state index in [9.17, 15) is 9.59 Å². The smallest absolute Gasteiger partial charge is 0.312 e. The highest BCUT2D eigenvalue weighted by atomic mass is 32.2. The molecule has 1 fully saturated rings. The zero-order valence-corrected chi connectivity index (χ0v) is 14.5. The molecule has 1 heterocycles. The van der Waals surface area contributed by atoms with E-state index in [-0.39, 0.29) is 11.8 Å². The topological polar surface area (TPSA) is 75.4 Å². The highest BCUT2D eigenvalue weighted by Crippen LogP contribution is 2.26. The third-order valence-electron chi connectivity index (χ3n) is 4.06. The van der Waals surface area contributed by atoms with E-state index in [1.165, 1.54) is 4.90 Å². The average Bonchev–Trinajstić information content (AvgIpc) is 2.99. The van der Waals surface area contributed by atoms with E-state index >= 15 is 0 Å². The van der Waals surface area contributed by atoms with Gasteiger partial charge >= 0.3 is 6.03 Å². The number of rotatable bonds is 6. The van der Waals surface area contributed by atoms with Crippen LogP contribution in [0.3, 0.4) is 0 Å². The highest BCUT2D eigenvalue weighted by Gasteiger charge is 2.32. The Morgan fingerprint density at radius 1 is 1.35 bits per heavy atom. The second kappa shape index (κ2) is 8.24.